The van der Waals surface area contributed by atoms with Crippen molar-refractivity contribution in [3.8, 4) is 0 Å². The van der Waals surface area contributed by atoms with E-state index in [0.717, 1.165) is 12.0 Å². The normalized spacial score (nSPS) is 9.95. The van der Waals surface area contributed by atoms with Crippen LogP contribution in [0.2, 0.25) is 0 Å². The van der Waals surface area contributed by atoms with Gasteiger partial charge in [-0.2, -0.15) is 0 Å². The molecule has 108 valence electrons. The molecule has 0 radical (unpaired) electrons. The molecule has 0 bridgehead atoms. The van der Waals surface area contributed by atoms with E-state index in [-0.39, 0.29) is 5.91 Å². The number of H-pyrrole nitrogens is 1. The number of aryl methyl sites for hydroxylation is 1. The van der Waals surface area contributed by atoms with Gasteiger partial charge in [0.25, 0.3) is 0 Å². The molecule has 0 aliphatic carbocycles. The first-order valence-electron chi connectivity index (χ1n) is 6.42. The predicted octanol–water partition coefficient (Wildman–Crippen LogP) is 1.86. The number of benzene rings is 1. The average molecular weight is 285 g/mol. The fourth-order valence-corrected chi connectivity index (χ4v) is 1.73. The number of pyridine rings is 1. The van der Waals surface area contributed by atoms with Crippen LogP contribution in [0.1, 0.15) is 22.8 Å². The maximum atomic E-state index is 10.7. The number of nitrogens with zero attached hydrogens (tertiary/aromatic N) is 1. The molecule has 21 heavy (non-hydrogen) atoms. The number of hydrogen-bond acceptors (Lipinski definition) is 4. The van der Waals surface area contributed by atoms with Crippen molar-refractivity contribution >= 4 is 17.1 Å². The maximum Gasteiger partial charge on any atom is 0.418 e. The smallest absolute Gasteiger partial charge is 0.406 e. The molecule has 2 aromatic heterocycles. The molecule has 6 heteroatoms. The molecule has 3 N–H and O–H groups in total. The third kappa shape index (κ3) is 3.79. The third-order valence-corrected chi connectivity index (χ3v) is 2.81. The first kappa shape index (κ1) is 14.5. The second kappa shape index (κ2) is 6.51. The van der Waals surface area contributed by atoms with Gasteiger partial charge in [-0.15, -0.1) is 0 Å². The Morgan fingerprint density at radius 2 is 2.14 bits per heavy atom. The summed E-state index contributed by atoms with van der Waals surface area (Å²) >= 11 is 0. The van der Waals surface area contributed by atoms with Crippen LogP contribution in [0.4, 0.5) is 0 Å². The largest absolute Gasteiger partial charge is 0.418 e. The Kier molecular flexibility index (Phi) is 4.50. The number of oxazole rings is 1. The van der Waals surface area contributed by atoms with Crippen LogP contribution in [0.5, 0.6) is 0 Å². The van der Waals surface area contributed by atoms with Gasteiger partial charge >= 0.3 is 5.76 Å². The lowest BCUT2D eigenvalue weighted by Crippen LogP contribution is -2.10. The van der Waals surface area contributed by atoms with E-state index in [1.807, 2.05) is 25.1 Å². The van der Waals surface area contributed by atoms with Gasteiger partial charge in [-0.05, 0) is 36.2 Å². The monoisotopic (exact) mass is 285 g/mol. The van der Waals surface area contributed by atoms with Crippen LogP contribution in [0.15, 0.2) is 51.8 Å². The zero-order valence-electron chi connectivity index (χ0n) is 11.5. The van der Waals surface area contributed by atoms with Crippen LogP contribution >= 0.6 is 0 Å². The predicted molar refractivity (Wildman–Crippen MR) is 79.0 cm³/mol. The highest BCUT2D eigenvalue weighted by molar-refractivity contribution is 5.92. The molecule has 6 nitrogen and oxygen atoms in total. The molecule has 0 saturated carbocycles. The van der Waals surface area contributed by atoms with E-state index in [2.05, 4.69) is 9.97 Å². The van der Waals surface area contributed by atoms with Crippen molar-refractivity contribution in [2.75, 3.05) is 0 Å². The minimum atomic E-state index is -0.464. The molecule has 1 aromatic carbocycles. The van der Waals surface area contributed by atoms with Gasteiger partial charge in [-0.3, -0.25) is 9.78 Å². The van der Waals surface area contributed by atoms with Crippen LogP contribution in [-0.2, 0) is 6.42 Å². The van der Waals surface area contributed by atoms with Gasteiger partial charge in [0, 0.05) is 11.8 Å². The zero-order valence-corrected chi connectivity index (χ0v) is 11.5. The lowest BCUT2D eigenvalue weighted by atomic mass is 10.1. The Morgan fingerprint density at radius 1 is 1.33 bits per heavy atom. The summed E-state index contributed by atoms with van der Waals surface area (Å²) in [6, 6.07) is 10.8. The van der Waals surface area contributed by atoms with E-state index in [4.69, 9.17) is 10.2 Å². The Balaban J connectivity index is 0.000000154. The molecule has 0 fully saturated rings. The first-order valence-corrected chi connectivity index (χ1v) is 6.42. The number of rotatable bonds is 2. The van der Waals surface area contributed by atoms with Gasteiger partial charge in [0.1, 0.15) is 0 Å². The topological polar surface area (TPSA) is 102 Å². The SMILES string of the molecule is CCc1cccc(C(N)=O)c1.O=c1[nH]c2ncccc2o1. The number of amides is 1. The summed E-state index contributed by atoms with van der Waals surface area (Å²) in [6.07, 6.45) is 2.52. The Labute approximate surface area is 120 Å². The van der Waals surface area contributed by atoms with Crippen molar-refractivity contribution in [2.45, 2.75) is 13.3 Å². The Hall–Kier alpha value is -2.89. The number of aromatic amines is 1. The highest BCUT2D eigenvalue weighted by Crippen LogP contribution is 2.04. The number of aromatic nitrogens is 2. The van der Waals surface area contributed by atoms with Gasteiger partial charge in [0.2, 0.25) is 5.91 Å². The van der Waals surface area contributed by atoms with Crippen LogP contribution < -0.4 is 11.5 Å². The molecule has 0 spiro atoms. The first-order chi connectivity index (χ1) is 10.1. The molecule has 3 rings (SSSR count). The molecule has 0 atom stereocenters. The minimum absolute atomic E-state index is 0.361. The van der Waals surface area contributed by atoms with E-state index in [1.54, 1.807) is 24.4 Å². The lowest BCUT2D eigenvalue weighted by molar-refractivity contribution is 0.1000. The van der Waals surface area contributed by atoms with Crippen LogP contribution in [0.3, 0.4) is 0 Å². The average Bonchev–Trinajstić information content (AvgIpc) is 2.88. The van der Waals surface area contributed by atoms with Crippen LogP contribution in [0.25, 0.3) is 11.2 Å². The molecule has 2 heterocycles. The molecule has 0 aliphatic rings. The number of fused-ring (bicyclic) bond motifs is 1. The van der Waals surface area contributed by atoms with E-state index in [1.165, 1.54) is 0 Å². The van der Waals surface area contributed by atoms with Gasteiger partial charge < -0.3 is 10.2 Å². The fraction of sp³-hybridized carbons (Fsp3) is 0.133. The molecule has 0 unspecified atom stereocenters. The number of nitrogens with one attached hydrogen (secondary N) is 1. The number of nitrogens with two attached hydrogens (primary N) is 1. The maximum absolute atomic E-state index is 10.7. The summed E-state index contributed by atoms with van der Waals surface area (Å²) in [5.41, 5.74) is 7.81. The quantitative estimate of drug-likeness (QED) is 0.750. The van der Waals surface area contributed by atoms with Crippen molar-refractivity contribution in [2.24, 2.45) is 5.73 Å². The van der Waals surface area contributed by atoms with Crippen molar-refractivity contribution in [1.29, 1.82) is 0 Å². The summed E-state index contributed by atoms with van der Waals surface area (Å²) in [6.45, 7) is 2.04. The molecule has 3 aromatic rings. The second-order valence-corrected chi connectivity index (χ2v) is 4.28. The van der Waals surface area contributed by atoms with E-state index in [9.17, 15) is 9.59 Å². The van der Waals surface area contributed by atoms with Gasteiger partial charge in [-0.25, -0.2) is 9.78 Å². The standard InChI is InChI=1S/C9H11NO.C6H4N2O2/c1-2-7-4-3-5-8(6-7)9(10)11;9-6-8-5-4(10-6)2-1-3-7-5/h3-6H,2H2,1H3,(H2,10,11);1-3H,(H,7,8,9). The van der Waals surface area contributed by atoms with E-state index >= 15 is 0 Å². The summed E-state index contributed by atoms with van der Waals surface area (Å²) in [7, 11) is 0. The minimum Gasteiger partial charge on any atom is -0.406 e. The lowest BCUT2D eigenvalue weighted by Gasteiger charge is -1.97. The van der Waals surface area contributed by atoms with Crippen LogP contribution in [-0.4, -0.2) is 15.9 Å². The van der Waals surface area contributed by atoms with Crippen molar-refractivity contribution < 1.29 is 9.21 Å². The van der Waals surface area contributed by atoms with Gasteiger partial charge in [-0.1, -0.05) is 19.1 Å². The Bertz CT molecular complexity index is 769. The van der Waals surface area contributed by atoms with E-state index in [0.29, 0.717) is 16.8 Å². The zero-order chi connectivity index (χ0) is 15.2. The number of primary amides is 1. The summed E-state index contributed by atoms with van der Waals surface area (Å²) in [5.74, 6) is -0.825. The van der Waals surface area contributed by atoms with Crippen molar-refractivity contribution in [1.82, 2.24) is 9.97 Å². The fourth-order valence-electron chi connectivity index (χ4n) is 1.73. The second-order valence-electron chi connectivity index (χ2n) is 4.28. The summed E-state index contributed by atoms with van der Waals surface area (Å²) < 4.78 is 4.69. The highest BCUT2D eigenvalue weighted by atomic mass is 16.4. The molecule has 1 amide bonds. The molecular weight excluding hydrogens is 270 g/mol. The number of carbonyl (C=O) groups is 1. The van der Waals surface area contributed by atoms with Crippen LogP contribution in [0, 0.1) is 0 Å². The Morgan fingerprint density at radius 3 is 2.81 bits per heavy atom. The van der Waals surface area contributed by atoms with Gasteiger partial charge in [0.15, 0.2) is 11.2 Å². The van der Waals surface area contributed by atoms with Crippen molar-refractivity contribution in [3.05, 3.63) is 64.3 Å². The van der Waals surface area contributed by atoms with Crippen molar-refractivity contribution in [3.63, 3.8) is 0 Å². The number of hydrogen-bond donors (Lipinski definition) is 2. The number of carbonyl (C=O) groups excluding carboxylic acids is 1. The summed E-state index contributed by atoms with van der Waals surface area (Å²) in [5, 5.41) is 0. The molecular formula is C15H15N3O3. The summed E-state index contributed by atoms with van der Waals surface area (Å²) in [4.78, 5) is 27.5. The van der Waals surface area contributed by atoms with E-state index < -0.39 is 5.76 Å². The van der Waals surface area contributed by atoms with Gasteiger partial charge in [0.05, 0.1) is 0 Å². The highest BCUT2D eigenvalue weighted by Gasteiger charge is 1.98. The third-order valence-electron chi connectivity index (χ3n) is 2.81. The molecule has 0 saturated heterocycles. The molecule has 0 aliphatic heterocycles.